The summed E-state index contributed by atoms with van der Waals surface area (Å²) in [4.78, 5) is 14.9. The minimum absolute atomic E-state index is 0.0834. The summed E-state index contributed by atoms with van der Waals surface area (Å²) in [6, 6.07) is 6.64. The van der Waals surface area contributed by atoms with Crippen LogP contribution < -0.4 is 16.0 Å². The third-order valence-electron chi connectivity index (χ3n) is 4.94. The van der Waals surface area contributed by atoms with Crippen LogP contribution in [-0.2, 0) is 4.74 Å². The van der Waals surface area contributed by atoms with Crippen LogP contribution in [0.4, 0.5) is 11.4 Å². The fraction of sp³-hybridized carbons (Fsp3) is 0.611. The van der Waals surface area contributed by atoms with Crippen molar-refractivity contribution in [1.82, 2.24) is 10.6 Å². The van der Waals surface area contributed by atoms with Crippen LogP contribution >= 0.6 is 0 Å². The van der Waals surface area contributed by atoms with Gasteiger partial charge in [-0.05, 0) is 30.7 Å². The number of aliphatic imine (C=N–C) groups is 1. The summed E-state index contributed by atoms with van der Waals surface area (Å²) in [6.07, 6.45) is 4.78. The number of nitro groups is 1. The lowest BCUT2D eigenvalue weighted by Gasteiger charge is -2.42. The molecule has 8 nitrogen and oxygen atoms in total. The molecule has 1 aromatic rings. The van der Waals surface area contributed by atoms with Crippen molar-refractivity contribution in [3.05, 3.63) is 34.4 Å². The Morgan fingerprint density at radius 2 is 2.08 bits per heavy atom. The topological polar surface area (TPSA) is 101 Å². The maximum absolute atomic E-state index is 11.0. The SMILES string of the molecule is CN=C(NCCNc1ccccc1[N+](=O)[O-])NCC1(CCOC)CCC1. The molecule has 144 valence electrons. The van der Waals surface area contributed by atoms with Gasteiger partial charge in [0.2, 0.25) is 0 Å². The first-order valence-electron chi connectivity index (χ1n) is 9.01. The van der Waals surface area contributed by atoms with Gasteiger partial charge in [0, 0.05) is 46.5 Å². The molecule has 0 saturated heterocycles. The number of nitro benzene ring substituents is 1. The number of rotatable bonds is 10. The van der Waals surface area contributed by atoms with Crippen LogP contribution in [0.2, 0.25) is 0 Å². The second kappa shape index (κ2) is 9.96. The van der Waals surface area contributed by atoms with Crippen LogP contribution in [-0.4, -0.2) is 51.3 Å². The number of hydrogen-bond donors (Lipinski definition) is 3. The molecule has 0 bridgehead atoms. The normalized spacial score (nSPS) is 15.8. The van der Waals surface area contributed by atoms with Crippen molar-refractivity contribution in [2.45, 2.75) is 25.7 Å². The van der Waals surface area contributed by atoms with E-state index in [-0.39, 0.29) is 10.6 Å². The number of hydrogen-bond acceptors (Lipinski definition) is 5. The highest BCUT2D eigenvalue weighted by atomic mass is 16.6. The van der Waals surface area contributed by atoms with Crippen LogP contribution in [0, 0.1) is 15.5 Å². The molecule has 1 aliphatic rings. The highest BCUT2D eigenvalue weighted by Gasteiger charge is 2.36. The smallest absolute Gasteiger partial charge is 0.292 e. The van der Waals surface area contributed by atoms with Crippen LogP contribution in [0.25, 0.3) is 0 Å². The Kier molecular flexibility index (Phi) is 7.65. The third-order valence-corrected chi connectivity index (χ3v) is 4.94. The molecule has 0 radical (unpaired) electrons. The second-order valence-corrected chi connectivity index (χ2v) is 6.65. The molecular formula is C18H29N5O3. The van der Waals surface area contributed by atoms with Gasteiger partial charge in [-0.1, -0.05) is 18.6 Å². The molecule has 1 aromatic carbocycles. The quantitative estimate of drug-likeness (QED) is 0.194. The number of nitrogens with zero attached hydrogens (tertiary/aromatic N) is 2. The van der Waals surface area contributed by atoms with E-state index in [1.807, 2.05) is 0 Å². The van der Waals surface area contributed by atoms with E-state index in [2.05, 4.69) is 20.9 Å². The van der Waals surface area contributed by atoms with Gasteiger partial charge in [-0.2, -0.15) is 0 Å². The first kappa shape index (κ1) is 20.0. The monoisotopic (exact) mass is 363 g/mol. The first-order chi connectivity index (χ1) is 12.6. The Hall–Kier alpha value is -2.35. The van der Waals surface area contributed by atoms with Gasteiger partial charge in [-0.3, -0.25) is 15.1 Å². The Morgan fingerprint density at radius 1 is 1.31 bits per heavy atom. The largest absolute Gasteiger partial charge is 0.385 e. The Balaban J connectivity index is 1.73. The van der Waals surface area contributed by atoms with Crippen molar-refractivity contribution in [3.63, 3.8) is 0 Å². The molecule has 0 atom stereocenters. The zero-order chi connectivity index (χ0) is 18.8. The van der Waals surface area contributed by atoms with E-state index in [0.29, 0.717) is 24.2 Å². The Labute approximate surface area is 154 Å². The van der Waals surface area contributed by atoms with Crippen molar-refractivity contribution in [3.8, 4) is 0 Å². The average molecular weight is 363 g/mol. The molecule has 0 heterocycles. The summed E-state index contributed by atoms with van der Waals surface area (Å²) in [5, 5.41) is 20.7. The van der Waals surface area contributed by atoms with Crippen molar-refractivity contribution >= 4 is 17.3 Å². The van der Waals surface area contributed by atoms with E-state index < -0.39 is 0 Å². The predicted molar refractivity (Wildman–Crippen MR) is 104 cm³/mol. The molecule has 1 fully saturated rings. The molecular weight excluding hydrogens is 334 g/mol. The van der Waals surface area contributed by atoms with Gasteiger partial charge in [0.15, 0.2) is 5.96 Å². The molecule has 0 unspecified atom stereocenters. The van der Waals surface area contributed by atoms with Gasteiger partial charge in [-0.15, -0.1) is 0 Å². The summed E-state index contributed by atoms with van der Waals surface area (Å²) in [7, 11) is 3.48. The number of anilines is 1. The molecule has 2 rings (SSSR count). The number of para-hydroxylation sites is 2. The maximum atomic E-state index is 11.0. The Morgan fingerprint density at radius 3 is 2.69 bits per heavy atom. The number of guanidine groups is 1. The highest BCUT2D eigenvalue weighted by molar-refractivity contribution is 5.79. The summed E-state index contributed by atoms with van der Waals surface area (Å²) < 4.78 is 5.22. The molecule has 0 aliphatic heterocycles. The molecule has 1 saturated carbocycles. The van der Waals surface area contributed by atoms with Gasteiger partial charge in [-0.25, -0.2) is 0 Å². The second-order valence-electron chi connectivity index (χ2n) is 6.65. The van der Waals surface area contributed by atoms with Crippen molar-refractivity contribution in [2.24, 2.45) is 10.4 Å². The lowest BCUT2D eigenvalue weighted by atomic mass is 9.67. The van der Waals surface area contributed by atoms with E-state index >= 15 is 0 Å². The minimum atomic E-state index is -0.381. The average Bonchev–Trinajstić information content (AvgIpc) is 2.62. The molecule has 3 N–H and O–H groups in total. The van der Waals surface area contributed by atoms with Crippen LogP contribution in [0.1, 0.15) is 25.7 Å². The molecule has 0 aromatic heterocycles. The van der Waals surface area contributed by atoms with Gasteiger partial charge in [0.25, 0.3) is 5.69 Å². The number of benzene rings is 1. The fourth-order valence-corrected chi connectivity index (χ4v) is 3.16. The van der Waals surface area contributed by atoms with Crippen molar-refractivity contribution in [2.75, 3.05) is 45.7 Å². The zero-order valence-electron chi connectivity index (χ0n) is 15.6. The minimum Gasteiger partial charge on any atom is -0.385 e. The van der Waals surface area contributed by atoms with E-state index in [1.165, 1.54) is 25.3 Å². The molecule has 0 amide bonds. The van der Waals surface area contributed by atoms with E-state index in [9.17, 15) is 10.1 Å². The maximum Gasteiger partial charge on any atom is 0.292 e. The first-order valence-corrected chi connectivity index (χ1v) is 9.01. The van der Waals surface area contributed by atoms with E-state index in [4.69, 9.17) is 4.74 Å². The Bertz CT molecular complexity index is 617. The molecule has 1 aliphatic carbocycles. The highest BCUT2D eigenvalue weighted by Crippen LogP contribution is 2.43. The number of ether oxygens (including phenoxy) is 1. The van der Waals surface area contributed by atoms with Crippen LogP contribution in [0.5, 0.6) is 0 Å². The molecule has 26 heavy (non-hydrogen) atoms. The van der Waals surface area contributed by atoms with Crippen molar-refractivity contribution in [1.29, 1.82) is 0 Å². The van der Waals surface area contributed by atoms with E-state index in [0.717, 1.165) is 25.5 Å². The fourth-order valence-electron chi connectivity index (χ4n) is 3.16. The van der Waals surface area contributed by atoms with Gasteiger partial charge >= 0.3 is 0 Å². The lowest BCUT2D eigenvalue weighted by Crippen LogP contribution is -2.47. The number of methoxy groups -OCH3 is 1. The van der Waals surface area contributed by atoms with Gasteiger partial charge in [0.1, 0.15) is 5.69 Å². The van der Waals surface area contributed by atoms with E-state index in [1.54, 1.807) is 32.4 Å². The lowest BCUT2D eigenvalue weighted by molar-refractivity contribution is -0.384. The van der Waals surface area contributed by atoms with Crippen LogP contribution in [0.15, 0.2) is 29.3 Å². The molecule has 0 spiro atoms. The summed E-state index contributed by atoms with van der Waals surface area (Å²) in [5.74, 6) is 0.748. The third kappa shape index (κ3) is 5.59. The summed E-state index contributed by atoms with van der Waals surface area (Å²) in [5.41, 5.74) is 0.923. The van der Waals surface area contributed by atoms with Crippen LogP contribution in [0.3, 0.4) is 0 Å². The zero-order valence-corrected chi connectivity index (χ0v) is 15.6. The van der Waals surface area contributed by atoms with Gasteiger partial charge in [0.05, 0.1) is 4.92 Å². The summed E-state index contributed by atoms with van der Waals surface area (Å²) in [6.45, 7) is 2.83. The molecule has 8 heteroatoms. The summed E-state index contributed by atoms with van der Waals surface area (Å²) >= 11 is 0. The standard InChI is InChI=1S/C18H29N5O3/c1-19-17(22-14-18(8-5-9-18)10-13-26-2)21-12-11-20-15-6-3-4-7-16(15)23(24)25/h3-4,6-7,20H,5,8-14H2,1-2H3,(H2,19,21,22). The number of nitrogens with one attached hydrogen (secondary N) is 3. The van der Waals surface area contributed by atoms with Gasteiger partial charge < -0.3 is 20.7 Å². The van der Waals surface area contributed by atoms with Crippen molar-refractivity contribution < 1.29 is 9.66 Å². The predicted octanol–water partition coefficient (Wildman–Crippen LogP) is 2.38.